The highest BCUT2D eigenvalue weighted by Crippen LogP contribution is 2.44. The van der Waals surface area contributed by atoms with E-state index >= 15 is 0 Å². The van der Waals surface area contributed by atoms with Gasteiger partial charge in [-0.1, -0.05) is 84.9 Å². The zero-order valence-corrected chi connectivity index (χ0v) is 19.9. The topological polar surface area (TPSA) is 17.1 Å². The van der Waals surface area contributed by atoms with Gasteiger partial charge < -0.3 is 0 Å². The fourth-order valence-electron chi connectivity index (χ4n) is 3.62. The van der Waals surface area contributed by atoms with Crippen LogP contribution in [0, 0.1) is 0 Å². The number of halogens is 6. The third-order valence-electron chi connectivity index (χ3n) is 5.11. The lowest BCUT2D eigenvalue weighted by molar-refractivity contribution is -0.0336. The van der Waals surface area contributed by atoms with Crippen LogP contribution in [0.3, 0.4) is 0 Å². The summed E-state index contributed by atoms with van der Waals surface area (Å²) in [6.07, 6.45) is 0. The third-order valence-corrected chi connectivity index (χ3v) is 6.69. The standard InChI is InChI=1S/C27H16F6OS2/c28-26(29,30)35-23-15-19(11-13-21(23)17-7-3-1-4-8-17)25(34)20-12-14-22(18-9-5-2-6-10-18)24(16-20)36-27(31,32)33/h1-16H. The summed E-state index contributed by atoms with van der Waals surface area (Å²) in [5.41, 5.74) is -7.64. The van der Waals surface area contributed by atoms with Crippen molar-refractivity contribution < 1.29 is 31.1 Å². The number of rotatable bonds is 6. The van der Waals surface area contributed by atoms with Gasteiger partial charge in [0.2, 0.25) is 0 Å². The fraction of sp³-hybridized carbons (Fsp3) is 0.0741. The van der Waals surface area contributed by atoms with Gasteiger partial charge in [0, 0.05) is 20.9 Å². The summed E-state index contributed by atoms with van der Waals surface area (Å²) in [4.78, 5) is 12.8. The van der Waals surface area contributed by atoms with Gasteiger partial charge in [0.15, 0.2) is 5.78 Å². The Labute approximate surface area is 211 Å². The van der Waals surface area contributed by atoms with Gasteiger partial charge in [-0.2, -0.15) is 26.3 Å². The van der Waals surface area contributed by atoms with Crippen LogP contribution in [0.5, 0.6) is 0 Å². The van der Waals surface area contributed by atoms with Crippen molar-refractivity contribution in [3.8, 4) is 22.3 Å². The Bertz CT molecular complexity index is 1260. The molecule has 0 saturated carbocycles. The zero-order chi connectivity index (χ0) is 25.9. The van der Waals surface area contributed by atoms with E-state index in [1.54, 1.807) is 60.7 Å². The van der Waals surface area contributed by atoms with E-state index in [0.717, 1.165) is 12.1 Å². The number of carbonyl (C=O) groups excluding carboxylic acids is 1. The molecular formula is C27H16F6OS2. The minimum Gasteiger partial charge on any atom is -0.289 e. The lowest BCUT2D eigenvalue weighted by Gasteiger charge is -2.15. The van der Waals surface area contributed by atoms with Crippen molar-refractivity contribution in [1.82, 2.24) is 0 Å². The SMILES string of the molecule is O=C(c1ccc(-c2ccccc2)c(SC(F)(F)F)c1)c1ccc(-c2ccccc2)c(SC(F)(F)F)c1. The van der Waals surface area contributed by atoms with E-state index in [9.17, 15) is 31.1 Å². The number of carbonyl (C=O) groups is 1. The quantitative estimate of drug-likeness (QED) is 0.139. The summed E-state index contributed by atoms with van der Waals surface area (Å²) in [6.45, 7) is 0. The molecule has 0 radical (unpaired) electrons. The molecule has 9 heteroatoms. The Morgan fingerprint density at radius 2 is 0.889 bits per heavy atom. The molecule has 4 aromatic carbocycles. The number of hydrogen-bond acceptors (Lipinski definition) is 3. The first kappa shape index (κ1) is 25.9. The van der Waals surface area contributed by atoms with Crippen LogP contribution < -0.4 is 0 Å². The van der Waals surface area contributed by atoms with Crippen LogP contribution in [0.2, 0.25) is 0 Å². The average Bonchev–Trinajstić information content (AvgIpc) is 2.82. The predicted octanol–water partition coefficient (Wildman–Crippen LogP) is 9.48. The molecule has 0 aromatic heterocycles. The molecule has 0 fully saturated rings. The molecule has 4 aromatic rings. The van der Waals surface area contributed by atoms with Crippen LogP contribution in [-0.2, 0) is 0 Å². The van der Waals surface area contributed by atoms with Crippen LogP contribution >= 0.6 is 23.5 Å². The molecule has 4 rings (SSSR count). The molecule has 0 heterocycles. The Morgan fingerprint density at radius 1 is 0.528 bits per heavy atom. The summed E-state index contributed by atoms with van der Waals surface area (Å²) < 4.78 is 79.7. The minimum absolute atomic E-state index is 0.0585. The summed E-state index contributed by atoms with van der Waals surface area (Å²) in [7, 11) is 0. The van der Waals surface area contributed by atoms with Crippen molar-refractivity contribution in [1.29, 1.82) is 0 Å². The van der Waals surface area contributed by atoms with Gasteiger partial charge in [0.1, 0.15) is 0 Å². The highest BCUT2D eigenvalue weighted by Gasteiger charge is 2.32. The Kier molecular flexibility index (Phi) is 7.51. The molecule has 0 aliphatic rings. The predicted molar refractivity (Wildman–Crippen MR) is 131 cm³/mol. The second kappa shape index (κ2) is 10.4. The number of hydrogen-bond donors (Lipinski definition) is 0. The van der Waals surface area contributed by atoms with Gasteiger partial charge in [-0.05, 0) is 57.9 Å². The summed E-state index contributed by atoms with van der Waals surface area (Å²) >= 11 is -0.691. The molecule has 0 aliphatic carbocycles. The Balaban J connectivity index is 1.76. The van der Waals surface area contributed by atoms with Crippen LogP contribution in [0.25, 0.3) is 22.3 Å². The van der Waals surface area contributed by atoms with Gasteiger partial charge >= 0.3 is 11.0 Å². The van der Waals surface area contributed by atoms with E-state index in [0.29, 0.717) is 22.3 Å². The van der Waals surface area contributed by atoms with Gasteiger partial charge in [-0.15, -0.1) is 0 Å². The Morgan fingerprint density at radius 3 is 1.22 bits per heavy atom. The molecule has 0 bridgehead atoms. The number of alkyl halides is 6. The molecule has 0 N–H and O–H groups in total. The molecule has 0 atom stereocenters. The van der Waals surface area contributed by atoms with Crippen molar-refractivity contribution in [3.05, 3.63) is 108 Å². The lowest BCUT2D eigenvalue weighted by atomic mass is 9.97. The highest BCUT2D eigenvalue weighted by atomic mass is 32.2. The van der Waals surface area contributed by atoms with Crippen molar-refractivity contribution in [2.24, 2.45) is 0 Å². The minimum atomic E-state index is -4.60. The normalized spacial score (nSPS) is 11.9. The van der Waals surface area contributed by atoms with Gasteiger partial charge in [0.05, 0.1) is 0 Å². The third kappa shape index (κ3) is 6.53. The maximum atomic E-state index is 13.3. The lowest BCUT2D eigenvalue weighted by Crippen LogP contribution is -2.06. The molecule has 184 valence electrons. The molecule has 0 spiro atoms. The largest absolute Gasteiger partial charge is 0.446 e. The van der Waals surface area contributed by atoms with Crippen molar-refractivity contribution in [3.63, 3.8) is 0 Å². The summed E-state index contributed by atoms with van der Waals surface area (Å²) in [6, 6.07) is 24.7. The number of benzene rings is 4. The van der Waals surface area contributed by atoms with E-state index in [2.05, 4.69) is 0 Å². The van der Waals surface area contributed by atoms with Crippen LogP contribution in [0.1, 0.15) is 15.9 Å². The number of thioether (sulfide) groups is 2. The molecule has 1 nitrogen and oxygen atoms in total. The molecule has 0 saturated heterocycles. The maximum absolute atomic E-state index is 13.3. The van der Waals surface area contributed by atoms with Gasteiger partial charge in [0.25, 0.3) is 0 Å². The fourth-order valence-corrected chi connectivity index (χ4v) is 5.09. The van der Waals surface area contributed by atoms with Gasteiger partial charge in [-0.25, -0.2) is 0 Å². The van der Waals surface area contributed by atoms with E-state index < -0.39 is 16.8 Å². The first-order valence-corrected chi connectivity index (χ1v) is 12.1. The monoisotopic (exact) mass is 534 g/mol. The Hall–Kier alpha value is -3.17. The van der Waals surface area contributed by atoms with Crippen LogP contribution in [-0.4, -0.2) is 16.8 Å². The number of ketones is 1. The zero-order valence-electron chi connectivity index (χ0n) is 18.2. The highest BCUT2D eigenvalue weighted by molar-refractivity contribution is 8.00. The smallest absolute Gasteiger partial charge is 0.289 e. The van der Waals surface area contributed by atoms with E-state index in [1.165, 1.54) is 24.3 Å². The van der Waals surface area contributed by atoms with Crippen LogP contribution in [0.4, 0.5) is 26.3 Å². The van der Waals surface area contributed by atoms with Crippen LogP contribution in [0.15, 0.2) is 107 Å². The van der Waals surface area contributed by atoms with E-state index in [1.807, 2.05) is 0 Å². The summed E-state index contributed by atoms with van der Waals surface area (Å²) in [5, 5.41) is 0. The van der Waals surface area contributed by atoms with E-state index in [-0.39, 0.29) is 44.4 Å². The van der Waals surface area contributed by atoms with E-state index in [4.69, 9.17) is 0 Å². The van der Waals surface area contributed by atoms with Crippen molar-refractivity contribution in [2.75, 3.05) is 0 Å². The average molecular weight is 535 g/mol. The first-order chi connectivity index (χ1) is 17.0. The molecule has 0 aliphatic heterocycles. The second-order valence-electron chi connectivity index (χ2n) is 7.58. The van der Waals surface area contributed by atoms with Crippen molar-refractivity contribution in [2.45, 2.75) is 20.8 Å². The van der Waals surface area contributed by atoms with Crippen molar-refractivity contribution >= 4 is 29.3 Å². The molecule has 0 unspecified atom stereocenters. The molecular weight excluding hydrogens is 518 g/mol. The molecule has 0 amide bonds. The summed E-state index contributed by atoms with van der Waals surface area (Å²) in [5.74, 6) is -0.678. The maximum Gasteiger partial charge on any atom is 0.446 e. The first-order valence-electron chi connectivity index (χ1n) is 10.5. The molecule has 36 heavy (non-hydrogen) atoms. The second-order valence-corrected chi connectivity index (χ2v) is 9.79. The van der Waals surface area contributed by atoms with Gasteiger partial charge in [-0.3, -0.25) is 4.79 Å².